The van der Waals surface area contributed by atoms with E-state index < -0.39 is 0 Å². The van der Waals surface area contributed by atoms with Crippen molar-refractivity contribution in [3.05, 3.63) is 0 Å². The summed E-state index contributed by atoms with van der Waals surface area (Å²) in [4.78, 5) is 17.4. The van der Waals surface area contributed by atoms with E-state index in [2.05, 4.69) is 29.0 Å². The van der Waals surface area contributed by atoms with Crippen LogP contribution in [-0.4, -0.2) is 66.6 Å². The van der Waals surface area contributed by atoms with E-state index in [0.717, 1.165) is 65.0 Å². The SMILES string of the molecule is CCN1CCN(C(C)CNC(=O)C2CCCCC2(C)N)CC1. The molecule has 0 radical (unpaired) electrons. The van der Waals surface area contributed by atoms with Crippen molar-refractivity contribution in [2.75, 3.05) is 39.3 Å². The fraction of sp³-hybridized carbons (Fsp3) is 0.941. The van der Waals surface area contributed by atoms with Gasteiger partial charge in [-0.25, -0.2) is 0 Å². The van der Waals surface area contributed by atoms with Gasteiger partial charge in [-0.15, -0.1) is 0 Å². The molecular weight excluding hydrogens is 276 g/mol. The number of rotatable bonds is 5. The first kappa shape index (κ1) is 17.7. The second-order valence-corrected chi connectivity index (χ2v) is 7.37. The van der Waals surface area contributed by atoms with Gasteiger partial charge >= 0.3 is 0 Å². The lowest BCUT2D eigenvalue weighted by Crippen LogP contribution is -2.55. The molecule has 1 saturated heterocycles. The Morgan fingerprint density at radius 1 is 1.32 bits per heavy atom. The second-order valence-electron chi connectivity index (χ2n) is 7.37. The molecular formula is C17H34N4O. The predicted molar refractivity (Wildman–Crippen MR) is 90.7 cm³/mol. The highest BCUT2D eigenvalue weighted by Gasteiger charge is 2.37. The van der Waals surface area contributed by atoms with Gasteiger partial charge in [-0.1, -0.05) is 19.8 Å². The lowest BCUT2D eigenvalue weighted by atomic mass is 9.74. The molecule has 0 spiro atoms. The number of likely N-dealkylation sites (N-methyl/N-ethyl adjacent to an activating group) is 1. The van der Waals surface area contributed by atoms with E-state index in [4.69, 9.17) is 5.73 Å². The van der Waals surface area contributed by atoms with Gasteiger partial charge in [0.05, 0.1) is 5.92 Å². The molecule has 0 aromatic heterocycles. The van der Waals surface area contributed by atoms with Crippen LogP contribution < -0.4 is 11.1 Å². The van der Waals surface area contributed by atoms with Crippen LogP contribution >= 0.6 is 0 Å². The Morgan fingerprint density at radius 2 is 2.00 bits per heavy atom. The molecule has 22 heavy (non-hydrogen) atoms. The van der Waals surface area contributed by atoms with Gasteiger partial charge in [0, 0.05) is 44.3 Å². The average Bonchev–Trinajstić information content (AvgIpc) is 2.52. The molecule has 3 N–H and O–H groups in total. The Balaban J connectivity index is 1.76. The van der Waals surface area contributed by atoms with Crippen LogP contribution in [0.2, 0.25) is 0 Å². The Hall–Kier alpha value is -0.650. The van der Waals surface area contributed by atoms with Gasteiger partial charge in [0.2, 0.25) is 5.91 Å². The fourth-order valence-electron chi connectivity index (χ4n) is 3.81. The molecule has 3 atom stereocenters. The number of nitrogens with one attached hydrogen (secondary N) is 1. The summed E-state index contributed by atoms with van der Waals surface area (Å²) in [6.07, 6.45) is 4.16. The first-order chi connectivity index (χ1) is 10.4. The van der Waals surface area contributed by atoms with Crippen molar-refractivity contribution >= 4 is 5.91 Å². The minimum Gasteiger partial charge on any atom is -0.354 e. The molecule has 0 bridgehead atoms. The van der Waals surface area contributed by atoms with Gasteiger partial charge in [0.25, 0.3) is 0 Å². The smallest absolute Gasteiger partial charge is 0.225 e. The van der Waals surface area contributed by atoms with Crippen LogP contribution in [0.25, 0.3) is 0 Å². The normalized spacial score (nSPS) is 32.6. The molecule has 5 nitrogen and oxygen atoms in total. The second kappa shape index (κ2) is 7.75. The maximum Gasteiger partial charge on any atom is 0.225 e. The maximum absolute atomic E-state index is 12.5. The van der Waals surface area contributed by atoms with Crippen LogP contribution in [-0.2, 0) is 4.79 Å². The van der Waals surface area contributed by atoms with E-state index in [1.807, 2.05) is 6.92 Å². The van der Waals surface area contributed by atoms with Crippen molar-refractivity contribution < 1.29 is 4.79 Å². The Kier molecular flexibility index (Phi) is 6.24. The monoisotopic (exact) mass is 310 g/mol. The molecule has 1 aliphatic heterocycles. The standard InChI is InChI=1S/C17H34N4O/c1-4-20-9-11-21(12-10-20)14(2)13-19-16(22)15-7-5-6-8-17(15,3)18/h14-15H,4-13,18H2,1-3H3,(H,19,22). The molecule has 2 rings (SSSR count). The Bertz CT molecular complexity index is 364. The molecule has 0 aromatic carbocycles. The maximum atomic E-state index is 12.5. The van der Waals surface area contributed by atoms with Gasteiger partial charge in [-0.2, -0.15) is 0 Å². The van der Waals surface area contributed by atoms with Crippen LogP contribution in [0.4, 0.5) is 0 Å². The van der Waals surface area contributed by atoms with Crippen molar-refractivity contribution in [1.29, 1.82) is 0 Å². The molecule has 3 unspecified atom stereocenters. The molecule has 1 aliphatic carbocycles. The van der Waals surface area contributed by atoms with Gasteiger partial charge in [0.1, 0.15) is 0 Å². The summed E-state index contributed by atoms with van der Waals surface area (Å²) >= 11 is 0. The lowest BCUT2D eigenvalue weighted by Gasteiger charge is -2.39. The van der Waals surface area contributed by atoms with Gasteiger partial charge in [0.15, 0.2) is 0 Å². The molecule has 2 aliphatic rings. The summed E-state index contributed by atoms with van der Waals surface area (Å²) in [5, 5.41) is 3.16. The van der Waals surface area contributed by atoms with Crippen LogP contribution in [0, 0.1) is 5.92 Å². The minimum atomic E-state index is -0.335. The van der Waals surface area contributed by atoms with E-state index in [1.54, 1.807) is 0 Å². The molecule has 2 fully saturated rings. The van der Waals surface area contributed by atoms with Gasteiger partial charge < -0.3 is 16.0 Å². The van der Waals surface area contributed by atoms with Gasteiger partial charge in [-0.3, -0.25) is 9.69 Å². The summed E-state index contributed by atoms with van der Waals surface area (Å²) in [6.45, 7) is 12.8. The molecule has 1 amide bonds. The Morgan fingerprint density at radius 3 is 2.59 bits per heavy atom. The van der Waals surface area contributed by atoms with E-state index in [0.29, 0.717) is 6.04 Å². The van der Waals surface area contributed by atoms with E-state index in [1.165, 1.54) is 0 Å². The van der Waals surface area contributed by atoms with Crippen LogP contribution in [0.1, 0.15) is 46.5 Å². The fourth-order valence-corrected chi connectivity index (χ4v) is 3.81. The molecule has 5 heteroatoms. The summed E-state index contributed by atoms with van der Waals surface area (Å²) in [5.74, 6) is 0.133. The van der Waals surface area contributed by atoms with E-state index >= 15 is 0 Å². The molecule has 1 saturated carbocycles. The number of carbonyl (C=O) groups excluding carboxylic acids is 1. The predicted octanol–water partition coefficient (Wildman–Crippen LogP) is 1.04. The zero-order chi connectivity index (χ0) is 16.2. The van der Waals surface area contributed by atoms with Crippen molar-refractivity contribution in [2.24, 2.45) is 11.7 Å². The number of hydrogen-bond acceptors (Lipinski definition) is 4. The third-order valence-corrected chi connectivity index (χ3v) is 5.62. The topological polar surface area (TPSA) is 61.6 Å². The minimum absolute atomic E-state index is 0.0228. The zero-order valence-electron chi connectivity index (χ0n) is 14.6. The number of piperazine rings is 1. The average molecular weight is 310 g/mol. The molecule has 0 aromatic rings. The number of nitrogens with zero attached hydrogens (tertiary/aromatic N) is 2. The third kappa shape index (κ3) is 4.43. The number of amides is 1. The van der Waals surface area contributed by atoms with Crippen LogP contribution in [0.5, 0.6) is 0 Å². The van der Waals surface area contributed by atoms with Crippen molar-refractivity contribution in [3.63, 3.8) is 0 Å². The number of hydrogen-bond donors (Lipinski definition) is 2. The highest BCUT2D eigenvalue weighted by molar-refractivity contribution is 5.80. The highest BCUT2D eigenvalue weighted by atomic mass is 16.1. The summed E-state index contributed by atoms with van der Waals surface area (Å²) in [7, 11) is 0. The van der Waals surface area contributed by atoms with Crippen LogP contribution in [0.15, 0.2) is 0 Å². The van der Waals surface area contributed by atoms with Crippen molar-refractivity contribution in [3.8, 4) is 0 Å². The Labute approximate surface area is 135 Å². The first-order valence-electron chi connectivity index (χ1n) is 8.97. The summed E-state index contributed by atoms with van der Waals surface area (Å²) < 4.78 is 0. The lowest BCUT2D eigenvalue weighted by molar-refractivity contribution is -0.128. The number of nitrogens with two attached hydrogens (primary N) is 1. The summed E-state index contributed by atoms with van der Waals surface area (Å²) in [6, 6.07) is 0.399. The van der Waals surface area contributed by atoms with E-state index in [9.17, 15) is 4.79 Å². The van der Waals surface area contributed by atoms with Crippen molar-refractivity contribution in [2.45, 2.75) is 58.0 Å². The van der Waals surface area contributed by atoms with E-state index in [-0.39, 0.29) is 17.4 Å². The first-order valence-corrected chi connectivity index (χ1v) is 8.97. The quantitative estimate of drug-likeness (QED) is 0.796. The molecule has 1 heterocycles. The highest BCUT2D eigenvalue weighted by Crippen LogP contribution is 2.31. The van der Waals surface area contributed by atoms with Gasteiger partial charge in [-0.05, 0) is 33.2 Å². The third-order valence-electron chi connectivity index (χ3n) is 5.62. The number of carbonyl (C=O) groups is 1. The largest absolute Gasteiger partial charge is 0.354 e. The summed E-state index contributed by atoms with van der Waals surface area (Å²) in [5.41, 5.74) is 5.99. The van der Waals surface area contributed by atoms with Crippen LogP contribution in [0.3, 0.4) is 0 Å². The molecule has 128 valence electrons. The zero-order valence-corrected chi connectivity index (χ0v) is 14.6. The van der Waals surface area contributed by atoms with Crippen molar-refractivity contribution in [1.82, 2.24) is 15.1 Å².